The number of hydrogen-bond acceptors (Lipinski definition) is 6. The molecule has 0 atom stereocenters. The summed E-state index contributed by atoms with van der Waals surface area (Å²) in [6.45, 7) is 3.39. The number of anilines is 1. The van der Waals surface area contributed by atoms with E-state index in [4.69, 9.17) is 4.52 Å². The zero-order valence-electron chi connectivity index (χ0n) is 13.2. The van der Waals surface area contributed by atoms with Gasteiger partial charge in [0.25, 0.3) is 0 Å². The van der Waals surface area contributed by atoms with Crippen molar-refractivity contribution in [1.29, 1.82) is 0 Å². The number of nitrogens with zero attached hydrogens (tertiary/aromatic N) is 5. The molecule has 122 valence electrons. The van der Waals surface area contributed by atoms with Crippen molar-refractivity contribution in [2.75, 3.05) is 18.0 Å². The molecule has 0 aromatic carbocycles. The molecule has 0 unspecified atom stereocenters. The molecule has 7 heteroatoms. The molecule has 0 spiro atoms. The van der Waals surface area contributed by atoms with E-state index in [2.05, 4.69) is 20.1 Å². The van der Waals surface area contributed by atoms with Gasteiger partial charge in [0.2, 0.25) is 5.89 Å². The normalized spacial score (nSPS) is 19.3. The van der Waals surface area contributed by atoms with E-state index in [0.29, 0.717) is 23.9 Å². The van der Waals surface area contributed by atoms with Crippen LogP contribution in [0, 0.1) is 5.82 Å². The van der Waals surface area contributed by atoms with Crippen LogP contribution in [-0.2, 0) is 6.42 Å². The van der Waals surface area contributed by atoms with Crippen LogP contribution >= 0.6 is 0 Å². The molecule has 1 aliphatic heterocycles. The van der Waals surface area contributed by atoms with Gasteiger partial charge in [0.05, 0.1) is 5.69 Å². The summed E-state index contributed by atoms with van der Waals surface area (Å²) in [4.78, 5) is 14.7. The third kappa shape index (κ3) is 2.80. The van der Waals surface area contributed by atoms with Gasteiger partial charge in [-0.1, -0.05) is 12.1 Å². The molecule has 0 N–H and O–H groups in total. The molecule has 0 amide bonds. The lowest BCUT2D eigenvalue weighted by atomic mass is 9.96. The van der Waals surface area contributed by atoms with Crippen molar-refractivity contribution < 1.29 is 8.91 Å². The van der Waals surface area contributed by atoms with Crippen LogP contribution in [0.3, 0.4) is 0 Å². The molecule has 6 nitrogen and oxygen atoms in total. The minimum absolute atomic E-state index is 0.288. The summed E-state index contributed by atoms with van der Waals surface area (Å²) in [5.41, 5.74) is 0.476. The number of rotatable bonds is 4. The molecule has 0 bridgehead atoms. The Morgan fingerprint density at radius 1 is 1.17 bits per heavy atom. The highest BCUT2D eigenvalue weighted by Gasteiger charge is 2.32. The molecule has 2 aliphatic rings. The number of aromatic nitrogens is 4. The smallest absolute Gasteiger partial charge is 0.229 e. The second-order valence-corrected chi connectivity index (χ2v) is 6.34. The van der Waals surface area contributed by atoms with Gasteiger partial charge in [0.1, 0.15) is 6.33 Å². The molecular weight excluding hydrogens is 297 g/mol. The van der Waals surface area contributed by atoms with Gasteiger partial charge in [-0.3, -0.25) is 0 Å². The van der Waals surface area contributed by atoms with Crippen LogP contribution in [0.15, 0.2) is 10.9 Å². The van der Waals surface area contributed by atoms with E-state index in [1.54, 1.807) is 0 Å². The number of aryl methyl sites for hydroxylation is 1. The van der Waals surface area contributed by atoms with Gasteiger partial charge >= 0.3 is 0 Å². The van der Waals surface area contributed by atoms with Gasteiger partial charge < -0.3 is 9.42 Å². The summed E-state index contributed by atoms with van der Waals surface area (Å²) in [7, 11) is 0. The predicted molar refractivity (Wildman–Crippen MR) is 81.8 cm³/mol. The quantitative estimate of drug-likeness (QED) is 0.864. The first kappa shape index (κ1) is 14.5. The van der Waals surface area contributed by atoms with Crippen LogP contribution in [-0.4, -0.2) is 33.2 Å². The molecule has 2 aromatic rings. The molecule has 4 rings (SSSR count). The van der Waals surface area contributed by atoms with E-state index < -0.39 is 0 Å². The van der Waals surface area contributed by atoms with Crippen LogP contribution in [0.1, 0.15) is 61.9 Å². The molecule has 2 fully saturated rings. The van der Waals surface area contributed by atoms with Crippen molar-refractivity contribution in [3.8, 4) is 0 Å². The lowest BCUT2D eigenvalue weighted by molar-refractivity contribution is 0.364. The monoisotopic (exact) mass is 317 g/mol. The topological polar surface area (TPSA) is 67.9 Å². The van der Waals surface area contributed by atoms with Crippen molar-refractivity contribution >= 4 is 5.82 Å². The van der Waals surface area contributed by atoms with Gasteiger partial charge in [-0.2, -0.15) is 4.98 Å². The maximum atomic E-state index is 14.4. The highest BCUT2D eigenvalue weighted by Crippen LogP contribution is 2.40. The zero-order valence-corrected chi connectivity index (χ0v) is 13.2. The minimum atomic E-state index is -0.288. The van der Waals surface area contributed by atoms with Crippen LogP contribution in [0.25, 0.3) is 0 Å². The Bertz CT molecular complexity index is 692. The van der Waals surface area contributed by atoms with E-state index in [9.17, 15) is 4.39 Å². The Hall–Kier alpha value is -2.05. The number of halogens is 1. The van der Waals surface area contributed by atoms with Crippen LogP contribution in [0.5, 0.6) is 0 Å². The third-order valence-electron chi connectivity index (χ3n) is 4.72. The highest BCUT2D eigenvalue weighted by atomic mass is 19.1. The highest BCUT2D eigenvalue weighted by molar-refractivity contribution is 5.41. The summed E-state index contributed by atoms with van der Waals surface area (Å²) in [6.07, 6.45) is 6.11. The van der Waals surface area contributed by atoms with E-state index in [1.165, 1.54) is 6.33 Å². The Morgan fingerprint density at radius 2 is 1.96 bits per heavy atom. The number of piperidine rings is 1. The van der Waals surface area contributed by atoms with E-state index in [0.717, 1.165) is 50.5 Å². The van der Waals surface area contributed by atoms with Gasteiger partial charge in [-0.05, 0) is 32.1 Å². The number of hydrogen-bond donors (Lipinski definition) is 0. The first-order valence-corrected chi connectivity index (χ1v) is 8.34. The van der Waals surface area contributed by atoms with Crippen molar-refractivity contribution in [2.45, 2.75) is 50.9 Å². The molecule has 23 heavy (non-hydrogen) atoms. The lowest BCUT2D eigenvalue weighted by Gasteiger charge is -2.31. The Morgan fingerprint density at radius 3 is 2.65 bits per heavy atom. The van der Waals surface area contributed by atoms with Crippen LogP contribution in [0.4, 0.5) is 10.2 Å². The van der Waals surface area contributed by atoms with E-state index in [-0.39, 0.29) is 11.7 Å². The van der Waals surface area contributed by atoms with Crippen molar-refractivity contribution in [2.24, 2.45) is 0 Å². The summed E-state index contributed by atoms with van der Waals surface area (Å²) in [5, 5.41) is 4.14. The SMILES string of the molecule is CCc1ncnc(N2CCC(c3noc(C4CC4)n3)CC2)c1F. The molecule has 0 radical (unpaired) electrons. The average Bonchev–Trinajstić information content (AvgIpc) is 3.33. The second kappa shape index (κ2) is 5.86. The molecule has 1 saturated heterocycles. The first-order valence-electron chi connectivity index (χ1n) is 8.34. The Labute approximate surface area is 134 Å². The van der Waals surface area contributed by atoms with E-state index >= 15 is 0 Å². The maximum Gasteiger partial charge on any atom is 0.229 e. The zero-order chi connectivity index (χ0) is 15.8. The van der Waals surface area contributed by atoms with Gasteiger partial charge in [-0.15, -0.1) is 0 Å². The lowest BCUT2D eigenvalue weighted by Crippen LogP contribution is -2.34. The molecule has 3 heterocycles. The third-order valence-corrected chi connectivity index (χ3v) is 4.72. The summed E-state index contributed by atoms with van der Waals surface area (Å²) in [6, 6.07) is 0. The largest absolute Gasteiger partial charge is 0.354 e. The van der Waals surface area contributed by atoms with Crippen molar-refractivity contribution in [3.63, 3.8) is 0 Å². The molecular formula is C16H20FN5O. The van der Waals surface area contributed by atoms with Crippen LogP contribution in [0.2, 0.25) is 0 Å². The van der Waals surface area contributed by atoms with Crippen molar-refractivity contribution in [1.82, 2.24) is 20.1 Å². The van der Waals surface area contributed by atoms with Gasteiger partial charge in [0, 0.05) is 24.9 Å². The standard InChI is InChI=1S/C16H20FN5O/c1-2-12-13(17)15(19-9-18-12)22-7-5-10(6-8-22)14-20-16(23-21-14)11-3-4-11/h9-11H,2-8H2,1H3. The Balaban J connectivity index is 1.44. The first-order chi connectivity index (χ1) is 11.3. The van der Waals surface area contributed by atoms with Gasteiger partial charge in [0.15, 0.2) is 17.5 Å². The second-order valence-electron chi connectivity index (χ2n) is 6.34. The maximum absolute atomic E-state index is 14.4. The Kier molecular flexibility index (Phi) is 3.71. The molecule has 2 aromatic heterocycles. The summed E-state index contributed by atoms with van der Waals surface area (Å²) < 4.78 is 19.7. The average molecular weight is 317 g/mol. The fourth-order valence-corrected chi connectivity index (χ4v) is 3.12. The molecule has 1 saturated carbocycles. The molecule has 1 aliphatic carbocycles. The predicted octanol–water partition coefficient (Wildman–Crippen LogP) is 2.82. The van der Waals surface area contributed by atoms with E-state index in [1.807, 2.05) is 11.8 Å². The van der Waals surface area contributed by atoms with Gasteiger partial charge in [-0.25, -0.2) is 14.4 Å². The summed E-state index contributed by atoms with van der Waals surface area (Å²) >= 11 is 0. The minimum Gasteiger partial charge on any atom is -0.354 e. The fraction of sp³-hybridized carbons (Fsp3) is 0.625. The van der Waals surface area contributed by atoms with Crippen LogP contribution < -0.4 is 4.90 Å². The van der Waals surface area contributed by atoms with Crippen molar-refractivity contribution in [3.05, 3.63) is 29.6 Å². The summed E-state index contributed by atoms with van der Waals surface area (Å²) in [5.74, 6) is 2.50. The fourth-order valence-electron chi connectivity index (χ4n) is 3.12.